The summed E-state index contributed by atoms with van der Waals surface area (Å²) in [6.45, 7) is 5.97. The zero-order valence-corrected chi connectivity index (χ0v) is 9.65. The first-order valence-electron chi connectivity index (χ1n) is 3.86. The Balaban J connectivity index is -0.000000320. The van der Waals surface area contributed by atoms with Gasteiger partial charge in [0.1, 0.15) is 0 Å². The maximum atomic E-state index is 3.75. The molecule has 0 aliphatic heterocycles. The molecule has 0 aromatic carbocycles. The zero-order valence-electron chi connectivity index (χ0n) is 7.48. The summed E-state index contributed by atoms with van der Waals surface area (Å²) in [6.07, 6.45) is 10.5. The second-order valence-electron chi connectivity index (χ2n) is 2.26. The monoisotopic (exact) mass is 184 g/mol. The van der Waals surface area contributed by atoms with Crippen LogP contribution >= 0.6 is 0 Å². The zero-order chi connectivity index (χ0) is 6.95. The summed E-state index contributed by atoms with van der Waals surface area (Å²) < 4.78 is 0. The average Bonchev–Trinajstić information content (AvgIpc) is 1.89. The fourth-order valence-electron chi connectivity index (χ4n) is 0.676. The van der Waals surface area contributed by atoms with E-state index >= 15 is 0 Å². The molecule has 0 bridgehead atoms. The minimum Gasteiger partial charge on any atom is -1.00 e. The molecule has 0 spiro atoms. The maximum absolute atomic E-state index is 3.75. The van der Waals surface area contributed by atoms with Crippen molar-refractivity contribution in [2.24, 2.45) is 0 Å². The van der Waals surface area contributed by atoms with Gasteiger partial charge in [-0.15, -0.1) is 0 Å². The Morgan fingerprint density at radius 1 is 1.18 bits per heavy atom. The van der Waals surface area contributed by atoms with Crippen molar-refractivity contribution >= 4 is 23.1 Å². The van der Waals surface area contributed by atoms with Crippen LogP contribution in [-0.4, -0.2) is 23.1 Å². The summed E-state index contributed by atoms with van der Waals surface area (Å²) in [7, 11) is 0. The van der Waals surface area contributed by atoms with Crippen LogP contribution in [0.1, 0.15) is 39.0 Å². The van der Waals surface area contributed by atoms with Gasteiger partial charge in [-0.05, 0) is 6.42 Å². The third-order valence-electron chi connectivity index (χ3n) is 1.26. The quantitative estimate of drug-likeness (QED) is 0.244. The molecule has 0 rings (SSSR count). The van der Waals surface area contributed by atoms with Gasteiger partial charge in [0.25, 0.3) is 0 Å². The Hall–Kier alpha value is 0.796. The van der Waals surface area contributed by atoms with E-state index in [0.717, 1.165) is 12.8 Å². The van der Waals surface area contributed by atoms with Gasteiger partial charge < -0.3 is 19.3 Å². The Kier molecular flexibility index (Phi) is 27.5. The number of halogens is 1. The largest absolute Gasteiger partial charge is 2.00 e. The Labute approximate surface area is 93.4 Å². The minimum atomic E-state index is 0. The van der Waals surface area contributed by atoms with Gasteiger partial charge in [-0.2, -0.15) is 6.42 Å². The summed E-state index contributed by atoms with van der Waals surface area (Å²) in [5.74, 6) is 0. The van der Waals surface area contributed by atoms with Gasteiger partial charge in [0.15, 0.2) is 0 Å². The molecular weight excluding hydrogens is 168 g/mol. The fraction of sp³-hybridized carbons (Fsp3) is 0.667. The van der Waals surface area contributed by atoms with Crippen molar-refractivity contribution in [1.82, 2.24) is 0 Å². The van der Waals surface area contributed by atoms with Crippen molar-refractivity contribution in [3.63, 3.8) is 0 Å². The average molecular weight is 185 g/mol. The van der Waals surface area contributed by atoms with Gasteiger partial charge in [-0.3, -0.25) is 0 Å². The smallest absolute Gasteiger partial charge is 1.00 e. The Morgan fingerprint density at radius 3 is 2.18 bits per heavy atom. The minimum absolute atomic E-state index is 0. The van der Waals surface area contributed by atoms with Crippen LogP contribution in [0.3, 0.4) is 0 Å². The molecule has 0 N–H and O–H groups in total. The third kappa shape index (κ3) is 18.1. The fourth-order valence-corrected chi connectivity index (χ4v) is 0.676. The first-order chi connectivity index (χ1) is 4.41. The van der Waals surface area contributed by atoms with E-state index in [1.807, 2.05) is 0 Å². The van der Waals surface area contributed by atoms with Gasteiger partial charge >= 0.3 is 23.1 Å². The van der Waals surface area contributed by atoms with Crippen molar-refractivity contribution in [2.75, 3.05) is 0 Å². The van der Waals surface area contributed by atoms with Crippen LogP contribution in [0.2, 0.25) is 0 Å². The van der Waals surface area contributed by atoms with E-state index in [1.165, 1.54) is 19.3 Å². The third-order valence-corrected chi connectivity index (χ3v) is 1.26. The van der Waals surface area contributed by atoms with E-state index in [1.54, 1.807) is 0 Å². The van der Waals surface area contributed by atoms with Crippen molar-refractivity contribution in [3.05, 3.63) is 19.1 Å². The molecule has 0 heterocycles. The van der Waals surface area contributed by atoms with Gasteiger partial charge in [0.05, 0.1) is 0 Å². The Morgan fingerprint density at radius 2 is 1.73 bits per heavy atom. The number of hydrogen-bond acceptors (Lipinski definition) is 0. The van der Waals surface area contributed by atoms with Gasteiger partial charge in [0, 0.05) is 0 Å². The first-order valence-corrected chi connectivity index (χ1v) is 3.86. The summed E-state index contributed by atoms with van der Waals surface area (Å²) >= 11 is 0. The molecule has 0 nitrogen and oxygen atoms in total. The molecule has 0 aliphatic rings. The van der Waals surface area contributed by atoms with Crippen LogP contribution in [0, 0.1) is 6.92 Å². The number of unbranched alkanes of at least 4 members (excludes halogenated alkanes) is 3. The SMILES string of the molecule is [CH2-]CC/C=C\CCCC.[Cl-].[Mg+2]. The van der Waals surface area contributed by atoms with E-state index < -0.39 is 0 Å². The normalized spacial score (nSPS) is 8.91. The van der Waals surface area contributed by atoms with Crippen molar-refractivity contribution in [1.29, 1.82) is 0 Å². The van der Waals surface area contributed by atoms with Crippen LogP contribution in [0.15, 0.2) is 12.2 Å². The predicted octanol–water partition coefficient (Wildman–Crippen LogP) is -0.0297. The van der Waals surface area contributed by atoms with Crippen LogP contribution in [0.25, 0.3) is 0 Å². The molecule has 0 unspecified atom stereocenters. The van der Waals surface area contributed by atoms with Gasteiger partial charge in [-0.1, -0.05) is 38.3 Å². The van der Waals surface area contributed by atoms with Gasteiger partial charge in [0.2, 0.25) is 0 Å². The number of allylic oxidation sites excluding steroid dienone is 2. The molecule has 62 valence electrons. The van der Waals surface area contributed by atoms with Crippen molar-refractivity contribution in [2.45, 2.75) is 39.0 Å². The molecule has 0 radical (unpaired) electrons. The predicted molar refractivity (Wildman–Crippen MR) is 49.0 cm³/mol. The van der Waals surface area contributed by atoms with Crippen molar-refractivity contribution in [3.8, 4) is 0 Å². The van der Waals surface area contributed by atoms with E-state index in [4.69, 9.17) is 0 Å². The first kappa shape index (κ1) is 17.8. The molecule has 0 fully saturated rings. The van der Waals surface area contributed by atoms with E-state index in [2.05, 4.69) is 26.0 Å². The second-order valence-corrected chi connectivity index (χ2v) is 2.26. The summed E-state index contributed by atoms with van der Waals surface area (Å²) in [5.41, 5.74) is 0. The molecule has 0 amide bonds. The molecule has 0 aliphatic carbocycles. The Bertz CT molecular complexity index is 72.0. The van der Waals surface area contributed by atoms with Crippen molar-refractivity contribution < 1.29 is 12.4 Å². The number of hydrogen-bond donors (Lipinski definition) is 0. The van der Waals surface area contributed by atoms with E-state index in [9.17, 15) is 0 Å². The summed E-state index contributed by atoms with van der Waals surface area (Å²) in [5, 5.41) is 0. The van der Waals surface area contributed by atoms with Crippen LogP contribution in [-0.2, 0) is 0 Å². The topological polar surface area (TPSA) is 0 Å². The van der Waals surface area contributed by atoms with Crippen LogP contribution in [0.4, 0.5) is 0 Å². The molecule has 0 aromatic heterocycles. The molecule has 2 heteroatoms. The molecular formula is C9H17ClMg. The summed E-state index contributed by atoms with van der Waals surface area (Å²) in [6, 6.07) is 0. The molecule has 0 aromatic rings. The molecule has 11 heavy (non-hydrogen) atoms. The number of rotatable bonds is 5. The molecule has 0 saturated heterocycles. The molecule has 0 atom stereocenters. The van der Waals surface area contributed by atoms with E-state index in [0.29, 0.717) is 0 Å². The second kappa shape index (κ2) is 17.0. The van der Waals surface area contributed by atoms with Gasteiger partial charge in [-0.25, -0.2) is 0 Å². The standard InChI is InChI=1S/C9H17.ClH.Mg/c1-3-5-7-9-8-6-4-2;;/h7,9H,1,3-6,8H2,2H3;1H;/q-1;;+2/p-1/b9-7-;;. The molecule has 0 saturated carbocycles. The maximum Gasteiger partial charge on any atom is 2.00 e. The van der Waals surface area contributed by atoms with E-state index in [-0.39, 0.29) is 35.5 Å². The van der Waals surface area contributed by atoms with Crippen LogP contribution < -0.4 is 12.4 Å². The summed E-state index contributed by atoms with van der Waals surface area (Å²) in [4.78, 5) is 0. The van der Waals surface area contributed by atoms with Crippen LogP contribution in [0.5, 0.6) is 0 Å².